The Hall–Kier alpha value is -2.27. The van der Waals surface area contributed by atoms with Crippen LogP contribution in [0.25, 0.3) is 11.4 Å². The van der Waals surface area contributed by atoms with Crippen LogP contribution in [0.2, 0.25) is 0 Å². The van der Waals surface area contributed by atoms with E-state index in [1.54, 1.807) is 26.2 Å². The van der Waals surface area contributed by atoms with E-state index in [4.69, 9.17) is 9.47 Å². The van der Waals surface area contributed by atoms with Crippen molar-refractivity contribution in [3.05, 3.63) is 18.2 Å². The number of hydrogen-bond donors (Lipinski definition) is 0. The molecule has 34 heavy (non-hydrogen) atoms. The first-order valence-electron chi connectivity index (χ1n) is 11.6. The SMILES string of the molecule is COc1ccc(-c2nnc(SCC(=O)N(C)C3CCS(=O)(=O)C3)n2C2CCCCC2)cc1OC. The summed E-state index contributed by atoms with van der Waals surface area (Å²) in [7, 11) is 1.85. The molecular weight excluding hydrogens is 476 g/mol. The molecule has 1 amide bonds. The zero-order chi connectivity index (χ0) is 24.3. The summed E-state index contributed by atoms with van der Waals surface area (Å²) < 4.78 is 36.6. The Kier molecular flexibility index (Phi) is 7.71. The van der Waals surface area contributed by atoms with Gasteiger partial charge in [0.2, 0.25) is 5.91 Å². The van der Waals surface area contributed by atoms with E-state index in [0.717, 1.165) is 37.1 Å². The van der Waals surface area contributed by atoms with Crippen molar-refractivity contribution in [1.82, 2.24) is 19.7 Å². The maximum absolute atomic E-state index is 12.9. The number of amides is 1. The van der Waals surface area contributed by atoms with Crippen molar-refractivity contribution in [2.45, 2.75) is 55.8 Å². The first-order chi connectivity index (χ1) is 16.3. The third kappa shape index (κ3) is 5.35. The zero-order valence-electron chi connectivity index (χ0n) is 19.9. The van der Waals surface area contributed by atoms with Crippen molar-refractivity contribution in [2.75, 3.05) is 38.5 Å². The van der Waals surface area contributed by atoms with E-state index in [-0.39, 0.29) is 35.2 Å². The Morgan fingerprint density at radius 2 is 1.85 bits per heavy atom. The highest BCUT2D eigenvalue weighted by Crippen LogP contribution is 2.38. The van der Waals surface area contributed by atoms with Crippen molar-refractivity contribution in [3.63, 3.8) is 0 Å². The molecule has 1 saturated carbocycles. The van der Waals surface area contributed by atoms with E-state index < -0.39 is 9.84 Å². The molecule has 1 aromatic heterocycles. The predicted molar refractivity (Wildman–Crippen MR) is 131 cm³/mol. The van der Waals surface area contributed by atoms with Gasteiger partial charge in [0.15, 0.2) is 32.3 Å². The van der Waals surface area contributed by atoms with Gasteiger partial charge >= 0.3 is 0 Å². The number of nitrogens with zero attached hydrogens (tertiary/aromatic N) is 4. The predicted octanol–water partition coefficient (Wildman–Crippen LogP) is 3.21. The highest BCUT2D eigenvalue weighted by molar-refractivity contribution is 7.99. The summed E-state index contributed by atoms with van der Waals surface area (Å²) in [6.45, 7) is 0. The van der Waals surface area contributed by atoms with Gasteiger partial charge in [-0.25, -0.2) is 8.42 Å². The summed E-state index contributed by atoms with van der Waals surface area (Å²) in [5.41, 5.74) is 0.877. The number of sulfone groups is 1. The van der Waals surface area contributed by atoms with E-state index in [2.05, 4.69) is 14.8 Å². The van der Waals surface area contributed by atoms with E-state index in [9.17, 15) is 13.2 Å². The van der Waals surface area contributed by atoms with Crippen LogP contribution in [-0.4, -0.2) is 78.6 Å². The first kappa shape index (κ1) is 24.8. The highest BCUT2D eigenvalue weighted by Gasteiger charge is 2.33. The van der Waals surface area contributed by atoms with Gasteiger partial charge in [-0.3, -0.25) is 9.36 Å². The molecule has 1 saturated heterocycles. The fraction of sp³-hybridized carbons (Fsp3) is 0.609. The minimum absolute atomic E-state index is 0.0433. The summed E-state index contributed by atoms with van der Waals surface area (Å²) in [5, 5.41) is 9.66. The number of methoxy groups -OCH3 is 2. The van der Waals surface area contributed by atoms with E-state index in [0.29, 0.717) is 23.1 Å². The minimum atomic E-state index is -3.05. The highest BCUT2D eigenvalue weighted by atomic mass is 32.2. The van der Waals surface area contributed by atoms with Crippen molar-refractivity contribution in [2.24, 2.45) is 0 Å². The van der Waals surface area contributed by atoms with Crippen LogP contribution in [0.15, 0.2) is 23.4 Å². The number of benzene rings is 1. The molecule has 4 rings (SSSR count). The van der Waals surface area contributed by atoms with Gasteiger partial charge in [-0.15, -0.1) is 10.2 Å². The lowest BCUT2D eigenvalue weighted by Crippen LogP contribution is -2.38. The molecule has 1 aromatic carbocycles. The molecule has 1 unspecified atom stereocenters. The van der Waals surface area contributed by atoms with Crippen molar-refractivity contribution >= 4 is 27.5 Å². The Labute approximate surface area is 205 Å². The second-order valence-electron chi connectivity index (χ2n) is 8.89. The Morgan fingerprint density at radius 3 is 2.50 bits per heavy atom. The number of ether oxygens (including phenoxy) is 2. The second kappa shape index (κ2) is 10.6. The van der Waals surface area contributed by atoms with Crippen LogP contribution >= 0.6 is 11.8 Å². The molecule has 1 atom stereocenters. The molecule has 0 radical (unpaired) electrons. The van der Waals surface area contributed by atoms with Crippen molar-refractivity contribution < 1.29 is 22.7 Å². The summed E-state index contributed by atoms with van der Waals surface area (Å²) >= 11 is 1.36. The van der Waals surface area contributed by atoms with E-state index >= 15 is 0 Å². The summed E-state index contributed by atoms with van der Waals surface area (Å²) in [5.74, 6) is 2.29. The molecule has 2 aromatic rings. The molecular formula is C23H32N4O5S2. The minimum Gasteiger partial charge on any atom is -0.493 e. The van der Waals surface area contributed by atoms with Crippen LogP contribution in [0.3, 0.4) is 0 Å². The van der Waals surface area contributed by atoms with E-state index in [1.807, 2.05) is 18.2 Å². The van der Waals surface area contributed by atoms with Crippen molar-refractivity contribution in [1.29, 1.82) is 0 Å². The maximum atomic E-state index is 12.9. The van der Waals surface area contributed by atoms with Crippen LogP contribution in [0.1, 0.15) is 44.6 Å². The number of thioether (sulfide) groups is 1. The second-order valence-corrected chi connectivity index (χ2v) is 12.1. The largest absolute Gasteiger partial charge is 0.493 e. The third-order valence-electron chi connectivity index (χ3n) is 6.72. The molecule has 0 N–H and O–H groups in total. The van der Waals surface area contributed by atoms with Gasteiger partial charge in [-0.2, -0.15) is 0 Å². The lowest BCUT2D eigenvalue weighted by molar-refractivity contribution is -0.128. The van der Waals surface area contributed by atoms with Gasteiger partial charge < -0.3 is 14.4 Å². The molecule has 186 valence electrons. The van der Waals surface area contributed by atoms with Gasteiger partial charge in [0.05, 0.1) is 31.5 Å². The summed E-state index contributed by atoms with van der Waals surface area (Å²) in [6, 6.07) is 5.71. The van der Waals surface area contributed by atoms with Crippen LogP contribution < -0.4 is 9.47 Å². The molecule has 1 aliphatic heterocycles. The topological polar surface area (TPSA) is 104 Å². The van der Waals surface area contributed by atoms with Crippen LogP contribution in [0.5, 0.6) is 11.5 Å². The molecule has 11 heteroatoms. The number of rotatable bonds is 8. The Morgan fingerprint density at radius 1 is 1.12 bits per heavy atom. The molecule has 2 heterocycles. The fourth-order valence-corrected chi connectivity index (χ4v) is 7.43. The van der Waals surface area contributed by atoms with Crippen molar-refractivity contribution in [3.8, 4) is 22.9 Å². The normalized spacial score (nSPS) is 20.3. The number of carbonyl (C=O) groups is 1. The molecule has 2 aliphatic rings. The van der Waals surface area contributed by atoms with Gasteiger partial charge in [-0.1, -0.05) is 31.0 Å². The molecule has 0 spiro atoms. The Bertz CT molecular complexity index is 1130. The average molecular weight is 509 g/mol. The van der Waals surface area contributed by atoms with Gasteiger partial charge in [0.1, 0.15) is 0 Å². The van der Waals surface area contributed by atoms with Gasteiger partial charge in [0, 0.05) is 24.7 Å². The van der Waals surface area contributed by atoms with E-state index in [1.165, 1.54) is 18.2 Å². The molecule has 1 aliphatic carbocycles. The third-order valence-corrected chi connectivity index (χ3v) is 9.40. The lowest BCUT2D eigenvalue weighted by Gasteiger charge is -2.26. The molecule has 9 nitrogen and oxygen atoms in total. The summed E-state index contributed by atoms with van der Waals surface area (Å²) in [6.07, 6.45) is 6.10. The summed E-state index contributed by atoms with van der Waals surface area (Å²) in [4.78, 5) is 14.4. The molecule has 2 fully saturated rings. The zero-order valence-corrected chi connectivity index (χ0v) is 21.5. The number of aromatic nitrogens is 3. The fourth-order valence-electron chi connectivity index (χ4n) is 4.73. The quantitative estimate of drug-likeness (QED) is 0.501. The number of carbonyl (C=O) groups excluding carboxylic acids is 1. The van der Waals surface area contributed by atoms with Gasteiger partial charge in [-0.05, 0) is 37.5 Å². The Balaban J connectivity index is 1.57. The van der Waals surface area contributed by atoms with Gasteiger partial charge in [0.25, 0.3) is 0 Å². The average Bonchev–Trinajstić information content (AvgIpc) is 3.44. The number of hydrogen-bond acceptors (Lipinski definition) is 8. The van der Waals surface area contributed by atoms with Crippen LogP contribution in [-0.2, 0) is 14.6 Å². The van der Waals surface area contributed by atoms with Crippen LogP contribution in [0.4, 0.5) is 0 Å². The standard InChI is InChI=1S/C23H32N4O5S2/c1-26(18-11-12-34(29,30)15-18)21(28)14-33-23-25-24-22(27(23)17-7-5-4-6-8-17)16-9-10-19(31-2)20(13-16)32-3/h9-10,13,17-18H,4-8,11-12,14-15H2,1-3H3. The smallest absolute Gasteiger partial charge is 0.233 e. The monoisotopic (exact) mass is 508 g/mol. The lowest BCUT2D eigenvalue weighted by atomic mass is 9.95. The molecule has 0 bridgehead atoms. The van der Waals surface area contributed by atoms with Crippen LogP contribution in [0, 0.1) is 0 Å². The first-order valence-corrected chi connectivity index (χ1v) is 14.4. The maximum Gasteiger partial charge on any atom is 0.233 e.